The van der Waals surface area contributed by atoms with Gasteiger partial charge in [0.15, 0.2) is 5.78 Å². The Labute approximate surface area is 220 Å². The molecule has 0 aliphatic rings. The lowest BCUT2D eigenvalue weighted by Crippen LogP contribution is -2.53. The Kier molecular flexibility index (Phi) is 17.4. The summed E-state index contributed by atoms with van der Waals surface area (Å²) in [6.07, 6.45) is 1.46. The van der Waals surface area contributed by atoms with Crippen LogP contribution < -0.4 is 43.4 Å². The molecule has 0 fully saturated rings. The molecule has 38 heavy (non-hydrogen) atoms. The van der Waals surface area contributed by atoms with Gasteiger partial charge in [-0.1, -0.05) is 0 Å². The molecule has 3 atom stereocenters. The highest BCUT2D eigenvalue weighted by molar-refractivity contribution is 5.93. The van der Waals surface area contributed by atoms with Gasteiger partial charge in [-0.2, -0.15) is 0 Å². The van der Waals surface area contributed by atoms with E-state index in [4.69, 9.17) is 16.6 Å². The monoisotopic (exact) mass is 544 g/mol. The molecule has 11 N–H and O–H groups in total. The molecule has 0 radical (unpaired) electrons. The summed E-state index contributed by atoms with van der Waals surface area (Å²) in [5.41, 5.74) is 10.5. The van der Waals surface area contributed by atoms with E-state index in [2.05, 4.69) is 31.9 Å². The quantitative estimate of drug-likeness (QED) is 0.0680. The summed E-state index contributed by atoms with van der Waals surface area (Å²) < 4.78 is 0. The van der Waals surface area contributed by atoms with E-state index in [1.807, 2.05) is 0 Å². The molecule has 0 aliphatic heterocycles. The van der Waals surface area contributed by atoms with E-state index in [9.17, 15) is 33.6 Å². The molecule has 16 heteroatoms. The Morgan fingerprint density at radius 2 is 1.47 bits per heavy atom. The van der Waals surface area contributed by atoms with Gasteiger partial charge in [0.05, 0.1) is 31.6 Å². The van der Waals surface area contributed by atoms with E-state index < -0.39 is 60.8 Å². The SMILES string of the molecule is CNC(=O)C(CC(=O)O)NC(=O)CNC(=O)C(CCCNC(N)=O)NCC(=O)C(CCCCN)NC(C)=O. The first-order valence-electron chi connectivity index (χ1n) is 12.2. The molecule has 0 heterocycles. The van der Waals surface area contributed by atoms with Crippen LogP contribution in [0.5, 0.6) is 0 Å². The number of nitrogens with one attached hydrogen (secondary N) is 6. The first-order chi connectivity index (χ1) is 17.9. The van der Waals surface area contributed by atoms with E-state index in [0.717, 1.165) is 0 Å². The molecule has 0 bridgehead atoms. The van der Waals surface area contributed by atoms with Crippen LogP contribution in [0.3, 0.4) is 0 Å². The largest absolute Gasteiger partial charge is 0.481 e. The normalized spacial score (nSPS) is 12.8. The number of hydrogen-bond acceptors (Lipinski definition) is 9. The molecule has 0 aromatic rings. The molecule has 3 unspecified atom stereocenters. The van der Waals surface area contributed by atoms with Crippen molar-refractivity contribution in [2.24, 2.45) is 11.5 Å². The molecular weight excluding hydrogens is 504 g/mol. The molecule has 0 saturated heterocycles. The number of hydrogen-bond donors (Lipinski definition) is 9. The summed E-state index contributed by atoms with van der Waals surface area (Å²) in [4.78, 5) is 82.8. The van der Waals surface area contributed by atoms with Gasteiger partial charge < -0.3 is 43.2 Å². The smallest absolute Gasteiger partial charge is 0.312 e. The number of nitrogens with two attached hydrogens (primary N) is 2. The first kappa shape index (κ1) is 34.2. The Morgan fingerprint density at radius 3 is 2.03 bits per heavy atom. The zero-order chi connectivity index (χ0) is 29.1. The molecule has 16 nitrogen and oxygen atoms in total. The minimum absolute atomic E-state index is 0.152. The third kappa shape index (κ3) is 16.1. The topological polar surface area (TPSA) is 264 Å². The van der Waals surface area contributed by atoms with Gasteiger partial charge in [0.2, 0.25) is 23.6 Å². The van der Waals surface area contributed by atoms with Gasteiger partial charge >= 0.3 is 12.0 Å². The number of primary amides is 1. The van der Waals surface area contributed by atoms with Gasteiger partial charge in [0.1, 0.15) is 6.04 Å². The number of rotatable bonds is 20. The third-order valence-electron chi connectivity index (χ3n) is 5.22. The summed E-state index contributed by atoms with van der Waals surface area (Å²) >= 11 is 0. The van der Waals surface area contributed by atoms with Gasteiger partial charge in [-0.15, -0.1) is 0 Å². The lowest BCUT2D eigenvalue weighted by atomic mass is 10.0. The molecule has 0 aliphatic carbocycles. The number of carboxylic acids is 1. The number of urea groups is 1. The fraction of sp³-hybridized carbons (Fsp3) is 0.682. The van der Waals surface area contributed by atoms with Gasteiger partial charge in [-0.25, -0.2) is 4.79 Å². The molecule has 6 amide bonds. The third-order valence-corrected chi connectivity index (χ3v) is 5.22. The molecular formula is C22H40N8O8. The molecule has 0 saturated carbocycles. The second-order valence-electron chi connectivity index (χ2n) is 8.42. The van der Waals surface area contributed by atoms with Crippen molar-refractivity contribution in [2.75, 3.05) is 33.2 Å². The van der Waals surface area contributed by atoms with E-state index in [-0.39, 0.29) is 31.2 Å². The maximum Gasteiger partial charge on any atom is 0.312 e. The number of amides is 6. The number of carboxylic acid groups (broad SMARTS) is 1. The van der Waals surface area contributed by atoms with Gasteiger partial charge in [-0.05, 0) is 38.6 Å². The summed E-state index contributed by atoms with van der Waals surface area (Å²) in [7, 11) is 1.28. The van der Waals surface area contributed by atoms with Gasteiger partial charge in [0.25, 0.3) is 0 Å². The van der Waals surface area contributed by atoms with Gasteiger partial charge in [-0.3, -0.25) is 34.1 Å². The van der Waals surface area contributed by atoms with Gasteiger partial charge in [0, 0.05) is 20.5 Å². The summed E-state index contributed by atoms with van der Waals surface area (Å²) in [5, 5.41) is 23.6. The number of Topliss-reactive ketones (excluding diaryl/α,β-unsaturated/α-hetero) is 1. The predicted molar refractivity (Wildman–Crippen MR) is 135 cm³/mol. The van der Waals surface area contributed by atoms with E-state index in [0.29, 0.717) is 32.2 Å². The van der Waals surface area contributed by atoms with Crippen molar-refractivity contribution >= 4 is 41.4 Å². The van der Waals surface area contributed by atoms with Crippen molar-refractivity contribution < 1.29 is 38.7 Å². The van der Waals surface area contributed by atoms with Crippen molar-refractivity contribution in [2.45, 2.75) is 63.6 Å². The Balaban J connectivity index is 5.17. The maximum absolute atomic E-state index is 12.8. The Hall–Kier alpha value is -3.79. The van der Waals surface area contributed by atoms with Crippen molar-refractivity contribution in [3.05, 3.63) is 0 Å². The van der Waals surface area contributed by atoms with Crippen LogP contribution in [0, 0.1) is 0 Å². The van der Waals surface area contributed by atoms with E-state index >= 15 is 0 Å². The van der Waals surface area contributed by atoms with Crippen LogP contribution in [0.4, 0.5) is 4.79 Å². The van der Waals surface area contributed by atoms with Crippen molar-refractivity contribution in [1.29, 1.82) is 0 Å². The number of likely N-dealkylation sites (N-methyl/N-ethyl adjacent to an activating group) is 1. The minimum atomic E-state index is -1.33. The standard InChI is InChI=1S/C22H40N8O8/c1-13(31)29-14(6-3-4-8-23)17(32)11-27-15(7-5-9-26-22(24)38)21(37)28-12-18(33)30-16(10-19(34)35)20(36)25-2/h14-16,27H,3-12,23H2,1-2H3,(H,25,36)(H,28,37)(H,29,31)(H,30,33)(H,34,35)(H3,24,26,38). The molecule has 0 aromatic heterocycles. The van der Waals surface area contributed by atoms with Crippen molar-refractivity contribution in [3.63, 3.8) is 0 Å². The zero-order valence-corrected chi connectivity index (χ0v) is 21.8. The second-order valence-corrected chi connectivity index (χ2v) is 8.42. The molecule has 216 valence electrons. The fourth-order valence-corrected chi connectivity index (χ4v) is 3.34. The Bertz CT molecular complexity index is 838. The Morgan fingerprint density at radius 1 is 0.816 bits per heavy atom. The predicted octanol–water partition coefficient (Wildman–Crippen LogP) is -3.58. The van der Waals surface area contributed by atoms with Crippen LogP contribution in [0.25, 0.3) is 0 Å². The van der Waals surface area contributed by atoms with Crippen LogP contribution in [0.2, 0.25) is 0 Å². The highest BCUT2D eigenvalue weighted by Crippen LogP contribution is 2.03. The molecule has 0 rings (SSSR count). The number of carbonyl (C=O) groups is 7. The highest BCUT2D eigenvalue weighted by Gasteiger charge is 2.25. The van der Waals surface area contributed by atoms with Crippen LogP contribution in [-0.4, -0.2) is 97.9 Å². The number of aliphatic carboxylic acids is 1. The molecule has 0 aromatic carbocycles. The second kappa shape index (κ2) is 19.3. The van der Waals surface area contributed by atoms with Crippen LogP contribution >= 0.6 is 0 Å². The van der Waals surface area contributed by atoms with Crippen molar-refractivity contribution in [3.8, 4) is 0 Å². The average Bonchev–Trinajstić information content (AvgIpc) is 2.84. The lowest BCUT2D eigenvalue weighted by molar-refractivity contribution is -0.140. The number of unbranched alkanes of at least 4 members (excludes halogenated alkanes) is 1. The first-order valence-corrected chi connectivity index (χ1v) is 12.2. The number of carbonyl (C=O) groups excluding carboxylic acids is 6. The van der Waals surface area contributed by atoms with Crippen LogP contribution in [-0.2, 0) is 28.8 Å². The summed E-state index contributed by atoms with van der Waals surface area (Å²) in [6.45, 7) is 1.05. The van der Waals surface area contributed by atoms with E-state index in [1.54, 1.807) is 0 Å². The molecule has 0 spiro atoms. The lowest BCUT2D eigenvalue weighted by Gasteiger charge is -2.21. The summed E-state index contributed by atoms with van der Waals surface area (Å²) in [6, 6.07) is -3.81. The van der Waals surface area contributed by atoms with Crippen LogP contribution in [0.1, 0.15) is 45.4 Å². The maximum atomic E-state index is 12.8. The average molecular weight is 545 g/mol. The highest BCUT2D eigenvalue weighted by atomic mass is 16.4. The van der Waals surface area contributed by atoms with Crippen molar-refractivity contribution in [1.82, 2.24) is 31.9 Å². The van der Waals surface area contributed by atoms with Crippen LogP contribution in [0.15, 0.2) is 0 Å². The fourth-order valence-electron chi connectivity index (χ4n) is 3.34. The minimum Gasteiger partial charge on any atom is -0.481 e. The number of ketones is 1. The van der Waals surface area contributed by atoms with E-state index in [1.165, 1.54) is 14.0 Å². The summed E-state index contributed by atoms with van der Waals surface area (Å²) in [5.74, 6) is -4.21. The zero-order valence-electron chi connectivity index (χ0n) is 21.8.